The summed E-state index contributed by atoms with van der Waals surface area (Å²) in [7, 11) is -2.98. The Labute approximate surface area is 175 Å². The van der Waals surface area contributed by atoms with E-state index in [1.165, 1.54) is 5.56 Å². The van der Waals surface area contributed by atoms with Crippen LogP contribution in [-0.4, -0.2) is 67.3 Å². The standard InChI is InChI=1S/C23H34N2O3S/c26-23(25(21-8-4-5-9-21)22-12-15-29(27,28)18-22)17-24-13-10-20(11-14-24)16-19-6-2-1-3-7-19/h1-3,6-7,20-22H,4-5,8-18H2/t22-/m0/s1. The van der Waals surface area contributed by atoms with Crippen LogP contribution in [0.5, 0.6) is 0 Å². The first-order valence-electron chi connectivity index (χ1n) is 11.3. The maximum absolute atomic E-state index is 13.3. The third-order valence-corrected chi connectivity index (χ3v) is 8.79. The molecule has 160 valence electrons. The summed E-state index contributed by atoms with van der Waals surface area (Å²) in [5.74, 6) is 1.24. The van der Waals surface area contributed by atoms with Crippen LogP contribution in [0.4, 0.5) is 0 Å². The first kappa shape index (κ1) is 20.9. The van der Waals surface area contributed by atoms with Gasteiger partial charge in [0.25, 0.3) is 0 Å². The van der Waals surface area contributed by atoms with Crippen molar-refractivity contribution in [3.05, 3.63) is 35.9 Å². The van der Waals surface area contributed by atoms with E-state index in [4.69, 9.17) is 0 Å². The van der Waals surface area contributed by atoms with E-state index >= 15 is 0 Å². The van der Waals surface area contributed by atoms with Crippen molar-refractivity contribution in [1.82, 2.24) is 9.80 Å². The molecule has 0 aromatic heterocycles. The Morgan fingerprint density at radius 2 is 1.66 bits per heavy atom. The van der Waals surface area contributed by atoms with Crippen LogP contribution in [0.1, 0.15) is 50.5 Å². The SMILES string of the molecule is O=C(CN1CCC(Cc2ccccc2)CC1)N(C1CCCC1)[C@H]1CCS(=O)(=O)C1. The number of likely N-dealkylation sites (tertiary alicyclic amines) is 1. The number of amides is 1. The maximum atomic E-state index is 13.3. The summed E-state index contributed by atoms with van der Waals surface area (Å²) < 4.78 is 24.0. The molecule has 0 unspecified atom stereocenters. The summed E-state index contributed by atoms with van der Waals surface area (Å²) in [4.78, 5) is 17.5. The number of hydrogen-bond donors (Lipinski definition) is 0. The number of nitrogens with zero attached hydrogens (tertiary/aromatic N) is 2. The molecule has 1 aromatic rings. The number of carbonyl (C=O) groups is 1. The predicted molar refractivity (Wildman–Crippen MR) is 115 cm³/mol. The van der Waals surface area contributed by atoms with Crippen molar-refractivity contribution in [2.24, 2.45) is 5.92 Å². The molecule has 4 rings (SSSR count). The van der Waals surface area contributed by atoms with E-state index in [0.717, 1.165) is 58.0 Å². The number of rotatable bonds is 6. The predicted octanol–water partition coefficient (Wildman–Crippen LogP) is 2.90. The average Bonchev–Trinajstić information content (AvgIpc) is 3.34. The van der Waals surface area contributed by atoms with E-state index in [-0.39, 0.29) is 29.5 Å². The fraction of sp³-hybridized carbons (Fsp3) is 0.696. The molecule has 1 aromatic carbocycles. The molecule has 1 aliphatic carbocycles. The van der Waals surface area contributed by atoms with Gasteiger partial charge in [-0.15, -0.1) is 0 Å². The molecule has 29 heavy (non-hydrogen) atoms. The van der Waals surface area contributed by atoms with Crippen LogP contribution < -0.4 is 0 Å². The Kier molecular flexibility index (Phi) is 6.60. The number of hydrogen-bond acceptors (Lipinski definition) is 4. The van der Waals surface area contributed by atoms with E-state index in [1.54, 1.807) is 0 Å². The molecule has 3 fully saturated rings. The molecule has 0 N–H and O–H groups in total. The Bertz CT molecular complexity index is 782. The molecule has 2 aliphatic heterocycles. The lowest BCUT2D eigenvalue weighted by Crippen LogP contribution is -2.51. The second-order valence-corrected chi connectivity index (χ2v) is 11.4. The van der Waals surface area contributed by atoms with Crippen molar-refractivity contribution in [3.63, 3.8) is 0 Å². The third-order valence-electron chi connectivity index (χ3n) is 7.04. The first-order chi connectivity index (χ1) is 14.0. The van der Waals surface area contributed by atoms with Crippen LogP contribution in [0, 0.1) is 5.92 Å². The van der Waals surface area contributed by atoms with Gasteiger partial charge in [-0.2, -0.15) is 0 Å². The zero-order chi connectivity index (χ0) is 20.3. The van der Waals surface area contributed by atoms with Gasteiger partial charge in [-0.1, -0.05) is 43.2 Å². The summed E-state index contributed by atoms with van der Waals surface area (Å²) in [6, 6.07) is 10.8. The Hall–Kier alpha value is -1.40. The molecule has 6 heteroatoms. The first-order valence-corrected chi connectivity index (χ1v) is 13.1. The Morgan fingerprint density at radius 1 is 0.966 bits per heavy atom. The van der Waals surface area contributed by atoms with Crippen molar-refractivity contribution in [1.29, 1.82) is 0 Å². The lowest BCUT2D eigenvalue weighted by atomic mass is 9.90. The molecule has 2 saturated heterocycles. The van der Waals surface area contributed by atoms with Gasteiger partial charge in [0.1, 0.15) is 0 Å². The Balaban J connectivity index is 1.32. The van der Waals surface area contributed by atoms with Crippen molar-refractivity contribution in [2.75, 3.05) is 31.1 Å². The van der Waals surface area contributed by atoms with Crippen molar-refractivity contribution in [2.45, 2.75) is 63.5 Å². The molecule has 1 saturated carbocycles. The summed E-state index contributed by atoms with van der Waals surface area (Å²) in [5, 5.41) is 0. The van der Waals surface area contributed by atoms with Crippen LogP contribution >= 0.6 is 0 Å². The molecule has 0 radical (unpaired) electrons. The minimum atomic E-state index is -2.98. The van der Waals surface area contributed by atoms with Gasteiger partial charge in [0.15, 0.2) is 9.84 Å². The van der Waals surface area contributed by atoms with Gasteiger partial charge >= 0.3 is 0 Å². The minimum absolute atomic E-state index is 0.105. The monoisotopic (exact) mass is 418 g/mol. The molecule has 0 spiro atoms. The van der Waals surface area contributed by atoms with E-state index in [0.29, 0.717) is 18.9 Å². The molecular formula is C23H34N2O3S. The minimum Gasteiger partial charge on any atom is -0.335 e. The van der Waals surface area contributed by atoms with Gasteiger partial charge in [-0.3, -0.25) is 9.69 Å². The molecule has 1 atom stereocenters. The molecule has 3 aliphatic rings. The highest BCUT2D eigenvalue weighted by Gasteiger charge is 2.39. The molecule has 5 nitrogen and oxygen atoms in total. The summed E-state index contributed by atoms with van der Waals surface area (Å²) in [6.07, 6.45) is 8.35. The number of sulfone groups is 1. The summed E-state index contributed by atoms with van der Waals surface area (Å²) in [6.45, 7) is 2.38. The highest BCUT2D eigenvalue weighted by Crippen LogP contribution is 2.30. The number of carbonyl (C=O) groups excluding carboxylic acids is 1. The number of benzene rings is 1. The second kappa shape index (κ2) is 9.17. The van der Waals surface area contributed by atoms with E-state index in [2.05, 4.69) is 35.2 Å². The highest BCUT2D eigenvalue weighted by atomic mass is 32.2. The second-order valence-electron chi connectivity index (χ2n) is 9.21. The van der Waals surface area contributed by atoms with Gasteiger partial charge in [-0.25, -0.2) is 8.42 Å². The summed E-state index contributed by atoms with van der Waals surface area (Å²) >= 11 is 0. The van der Waals surface area contributed by atoms with Gasteiger partial charge in [0.05, 0.1) is 18.1 Å². The van der Waals surface area contributed by atoms with Gasteiger partial charge < -0.3 is 4.90 Å². The normalized spacial score (nSPS) is 26.0. The highest BCUT2D eigenvalue weighted by molar-refractivity contribution is 7.91. The van der Waals surface area contributed by atoms with Crippen LogP contribution in [0.25, 0.3) is 0 Å². The average molecular weight is 419 g/mol. The van der Waals surface area contributed by atoms with Gasteiger partial charge in [-0.05, 0) is 63.1 Å². The number of piperidine rings is 1. The van der Waals surface area contributed by atoms with E-state index < -0.39 is 9.84 Å². The third kappa shape index (κ3) is 5.40. The molecule has 1 amide bonds. The fourth-order valence-corrected chi connectivity index (χ4v) is 7.16. The van der Waals surface area contributed by atoms with Crippen molar-refractivity contribution >= 4 is 15.7 Å². The lowest BCUT2D eigenvalue weighted by Gasteiger charge is -2.37. The van der Waals surface area contributed by atoms with E-state index in [1.807, 2.05) is 4.90 Å². The summed E-state index contributed by atoms with van der Waals surface area (Å²) in [5.41, 5.74) is 1.40. The van der Waals surface area contributed by atoms with E-state index in [9.17, 15) is 13.2 Å². The lowest BCUT2D eigenvalue weighted by molar-refractivity contribution is -0.137. The largest absolute Gasteiger partial charge is 0.335 e. The van der Waals surface area contributed by atoms with Crippen LogP contribution in [0.3, 0.4) is 0 Å². The van der Waals surface area contributed by atoms with Crippen molar-refractivity contribution in [3.8, 4) is 0 Å². The quantitative estimate of drug-likeness (QED) is 0.713. The maximum Gasteiger partial charge on any atom is 0.237 e. The van der Waals surface area contributed by atoms with Crippen LogP contribution in [-0.2, 0) is 21.1 Å². The van der Waals surface area contributed by atoms with Crippen molar-refractivity contribution < 1.29 is 13.2 Å². The zero-order valence-corrected chi connectivity index (χ0v) is 18.2. The zero-order valence-electron chi connectivity index (χ0n) is 17.3. The fourth-order valence-electron chi connectivity index (χ4n) is 5.45. The smallest absolute Gasteiger partial charge is 0.237 e. The topological polar surface area (TPSA) is 57.7 Å². The van der Waals surface area contributed by atoms with Crippen LogP contribution in [0.2, 0.25) is 0 Å². The van der Waals surface area contributed by atoms with Crippen LogP contribution in [0.15, 0.2) is 30.3 Å². The van der Waals surface area contributed by atoms with Gasteiger partial charge in [0.2, 0.25) is 5.91 Å². The van der Waals surface area contributed by atoms with Gasteiger partial charge in [0, 0.05) is 12.1 Å². The molecular weight excluding hydrogens is 384 g/mol. The molecule has 2 heterocycles. The Morgan fingerprint density at radius 3 is 2.28 bits per heavy atom. The molecule has 0 bridgehead atoms.